The van der Waals surface area contributed by atoms with Crippen LogP contribution in [0.15, 0.2) is 0 Å². The maximum Gasteiger partial charge on any atom is 0.340 e. The molecule has 0 aliphatic rings. The van der Waals surface area contributed by atoms with E-state index in [0.29, 0.717) is 17.2 Å². The molecule has 44 valence electrons. The molecule has 0 heterocycles. The third kappa shape index (κ3) is 7.68. The van der Waals surface area contributed by atoms with Crippen LogP contribution in [0.3, 0.4) is 0 Å². The van der Waals surface area contributed by atoms with E-state index in [4.69, 9.17) is 0 Å². The number of rotatable bonds is 2. The molecular weight excluding hydrogens is 330 g/mol. The van der Waals surface area contributed by atoms with Crippen molar-refractivity contribution in [2.24, 2.45) is 0 Å². The van der Waals surface area contributed by atoms with Crippen LogP contribution in [0.5, 0.6) is 0 Å². The summed E-state index contributed by atoms with van der Waals surface area (Å²) in [5.41, 5.74) is 0. The van der Waals surface area contributed by atoms with Gasteiger partial charge in [0.1, 0.15) is 12.1 Å². The molecule has 0 spiro atoms. The Labute approximate surface area is 66.9 Å². The molecule has 7 heavy (non-hydrogen) atoms. The molecule has 0 unspecified atom stereocenters. The molecule has 0 saturated carbocycles. The quantitative estimate of drug-likeness (QED) is 0.354. The second-order valence-electron chi connectivity index (χ2n) is 2.80. The Morgan fingerprint density at radius 2 is 1.86 bits per heavy atom. The third-order valence-corrected chi connectivity index (χ3v) is 14.9. The van der Waals surface area contributed by atoms with Crippen LogP contribution in [0.1, 0.15) is 0 Å². The molecule has 0 N–H and O–H groups in total. The lowest BCUT2D eigenvalue weighted by Gasteiger charge is -2.03. The average Bonchev–Trinajstić information content (AvgIpc) is 1.30. The second kappa shape index (κ2) is 3.65. The van der Waals surface area contributed by atoms with Crippen LogP contribution in [-0.2, 0) is 0 Å². The first-order chi connectivity index (χ1) is 3.06. The van der Waals surface area contributed by atoms with Gasteiger partial charge in [-0.15, -0.1) is 0 Å². The summed E-state index contributed by atoms with van der Waals surface area (Å²) < 4.78 is 1.58. The number of hydrogen-bond acceptors (Lipinski definition) is 0. The van der Waals surface area contributed by atoms with Gasteiger partial charge in [-0.1, -0.05) is 19.6 Å². The lowest BCUT2D eigenvalue weighted by Crippen LogP contribution is -3.56. The van der Waals surface area contributed by atoms with Gasteiger partial charge in [0.15, 0.2) is 0 Å². The van der Waals surface area contributed by atoms with E-state index in [1.165, 1.54) is 0 Å². The summed E-state index contributed by atoms with van der Waals surface area (Å²) in [5, 5.41) is 0. The summed E-state index contributed by atoms with van der Waals surface area (Å²) in [6.45, 7) is 7.31. The Balaban J connectivity index is 3.15. The van der Waals surface area contributed by atoms with Crippen molar-refractivity contribution in [2.75, 3.05) is 4.05 Å². The van der Waals surface area contributed by atoms with E-state index >= 15 is 0 Å². The third-order valence-electron chi connectivity index (χ3n) is 0.451. The van der Waals surface area contributed by atoms with Crippen LogP contribution >= 0.6 is 18.6 Å². The number of alkyl halides is 1. The Morgan fingerprint density at radius 3 is 1.86 bits per heavy atom. The summed E-state index contributed by atoms with van der Waals surface area (Å²) in [6.07, 6.45) is 0. The van der Waals surface area contributed by atoms with Gasteiger partial charge < -0.3 is 0 Å². The van der Waals surface area contributed by atoms with Crippen LogP contribution in [-0.4, -0.2) is 12.1 Å². The minimum absolute atomic E-state index is 0.549. The Morgan fingerprint density at radius 1 is 1.43 bits per heavy atom. The smallest absolute Gasteiger partial charge is 0.0658 e. The lowest BCUT2D eigenvalue weighted by atomic mass is 11.8. The molecule has 0 nitrogen and oxygen atoms in total. The minimum atomic E-state index is -0.616. The normalized spacial score (nSPS) is 12.0. The monoisotopic (exact) mass is 341 g/mol. The highest BCUT2D eigenvalue weighted by atomic mass is 128. The zero-order valence-electron chi connectivity index (χ0n) is 4.96. The van der Waals surface area contributed by atoms with Crippen molar-refractivity contribution < 1.29 is 17.2 Å². The maximum atomic E-state index is 2.56. The minimum Gasteiger partial charge on any atom is -0.0658 e. The first-order valence-electron chi connectivity index (χ1n) is 2.26. The molecule has 0 aliphatic heterocycles. The molecule has 0 aromatic rings. The van der Waals surface area contributed by atoms with E-state index < -0.39 is 8.07 Å². The zero-order valence-corrected chi connectivity index (χ0v) is 10.3. The fraction of sp³-hybridized carbons (Fsp3) is 1.00. The molecule has 0 aromatic carbocycles. The van der Waals surface area contributed by atoms with Gasteiger partial charge in [-0.25, -0.2) is 0 Å². The van der Waals surface area contributed by atoms with Crippen LogP contribution in [0.2, 0.25) is 19.6 Å². The predicted octanol–water partition coefficient (Wildman–Crippen LogP) is -0.697. The highest BCUT2D eigenvalue weighted by molar-refractivity contribution is 14.1. The van der Waals surface area contributed by atoms with E-state index in [9.17, 15) is 0 Å². The van der Waals surface area contributed by atoms with Gasteiger partial charge >= 0.3 is 17.2 Å². The van der Waals surface area contributed by atoms with E-state index in [-0.39, 0.29) is 0 Å². The number of hydrogen-bond donors (Lipinski definition) is 0. The Bertz CT molecular complexity index is 48.1. The van der Waals surface area contributed by atoms with Crippen LogP contribution < -0.4 is 17.2 Å². The SMILES string of the molecule is C[Si](C)(C)C[I+]I. The average molecular weight is 341 g/mol. The van der Waals surface area contributed by atoms with E-state index in [2.05, 4.69) is 38.3 Å². The van der Waals surface area contributed by atoms with E-state index in [1.54, 1.807) is 4.05 Å². The van der Waals surface area contributed by atoms with Gasteiger partial charge in [-0.3, -0.25) is 0 Å². The molecular formula is C4H11I2Si+. The van der Waals surface area contributed by atoms with Crippen molar-refractivity contribution in [2.45, 2.75) is 19.6 Å². The number of halogens is 2. The summed E-state index contributed by atoms with van der Waals surface area (Å²) in [4.78, 5) is 0. The largest absolute Gasteiger partial charge is 0.340 e. The van der Waals surface area contributed by atoms with Crippen LogP contribution in [0, 0.1) is 0 Å². The topological polar surface area (TPSA) is 0 Å². The van der Waals surface area contributed by atoms with Crippen molar-refractivity contribution in [3.63, 3.8) is 0 Å². The predicted molar refractivity (Wildman–Crippen MR) is 42.2 cm³/mol. The molecule has 0 radical (unpaired) electrons. The van der Waals surface area contributed by atoms with Gasteiger partial charge in [0.2, 0.25) is 0 Å². The molecule has 0 aliphatic carbocycles. The van der Waals surface area contributed by atoms with Crippen molar-refractivity contribution in [3.8, 4) is 0 Å². The van der Waals surface area contributed by atoms with Crippen LogP contribution in [0.25, 0.3) is 0 Å². The molecule has 3 heteroatoms. The maximum absolute atomic E-state index is 2.56. The van der Waals surface area contributed by atoms with Crippen LogP contribution in [0.4, 0.5) is 0 Å². The fourth-order valence-corrected chi connectivity index (χ4v) is 20.5. The van der Waals surface area contributed by atoms with Gasteiger partial charge in [0.25, 0.3) is 18.6 Å². The Kier molecular flexibility index (Phi) is 4.53. The van der Waals surface area contributed by atoms with Gasteiger partial charge in [-0.2, -0.15) is 0 Å². The highest BCUT2D eigenvalue weighted by Crippen LogP contribution is 1.92. The van der Waals surface area contributed by atoms with Gasteiger partial charge in [0, 0.05) is 0 Å². The van der Waals surface area contributed by atoms with Crippen molar-refractivity contribution >= 4 is 26.7 Å². The summed E-state index contributed by atoms with van der Waals surface area (Å²) >= 11 is 3.11. The highest BCUT2D eigenvalue weighted by Gasteiger charge is 2.20. The van der Waals surface area contributed by atoms with Crippen molar-refractivity contribution in [3.05, 3.63) is 0 Å². The summed E-state index contributed by atoms with van der Waals surface area (Å²) in [7, 11) is -0.616. The van der Waals surface area contributed by atoms with Gasteiger partial charge in [-0.05, 0) is 0 Å². The zero-order chi connectivity index (χ0) is 5.91. The first-order valence-corrected chi connectivity index (χ1v) is 13.8. The summed E-state index contributed by atoms with van der Waals surface area (Å²) in [6, 6.07) is 0. The molecule has 0 bridgehead atoms. The van der Waals surface area contributed by atoms with Gasteiger partial charge in [0.05, 0.1) is 0 Å². The standard InChI is InChI=1S/C4H11I2Si/c1-7(2,3)4-6-5/h4H2,1-3H3/q+1. The first kappa shape index (κ1) is 8.68. The Hall–Kier alpha value is 1.68. The van der Waals surface area contributed by atoms with E-state index in [1.807, 2.05) is 0 Å². The molecule has 0 atom stereocenters. The van der Waals surface area contributed by atoms with Crippen molar-refractivity contribution in [1.29, 1.82) is 0 Å². The fourth-order valence-electron chi connectivity index (χ4n) is 0.152. The van der Waals surface area contributed by atoms with Crippen molar-refractivity contribution in [1.82, 2.24) is 0 Å². The van der Waals surface area contributed by atoms with E-state index in [0.717, 1.165) is 0 Å². The molecule has 0 fully saturated rings. The molecule has 0 saturated heterocycles. The summed E-state index contributed by atoms with van der Waals surface area (Å²) in [5.74, 6) is 0. The molecule has 0 amide bonds. The second-order valence-corrected chi connectivity index (χ2v) is 14.9. The molecule has 0 rings (SSSR count). The lowest BCUT2D eigenvalue weighted by molar-refractivity contribution is -0.406. The molecule has 0 aromatic heterocycles.